The van der Waals surface area contributed by atoms with Crippen molar-refractivity contribution in [2.45, 2.75) is 12.6 Å². The number of hydrogen-bond donors (Lipinski definition) is 0. The average molecular weight is 481 g/mol. The van der Waals surface area contributed by atoms with E-state index in [1.807, 2.05) is 0 Å². The van der Waals surface area contributed by atoms with Crippen LogP contribution in [0, 0.1) is 5.82 Å². The van der Waals surface area contributed by atoms with Gasteiger partial charge in [-0.3, -0.25) is 4.79 Å². The molecule has 1 aromatic carbocycles. The molecule has 2 heterocycles. The van der Waals surface area contributed by atoms with Crippen LogP contribution < -0.4 is 4.90 Å². The number of aromatic nitrogens is 1. The van der Waals surface area contributed by atoms with Crippen molar-refractivity contribution in [1.82, 2.24) is 9.88 Å². The second-order valence-electron chi connectivity index (χ2n) is 6.28. The van der Waals surface area contributed by atoms with Crippen molar-refractivity contribution >= 4 is 39.3 Å². The van der Waals surface area contributed by atoms with Gasteiger partial charge < -0.3 is 9.80 Å². The van der Waals surface area contributed by atoms with Crippen molar-refractivity contribution in [2.24, 2.45) is 0 Å². The van der Waals surface area contributed by atoms with Crippen LogP contribution in [0.5, 0.6) is 0 Å². The quantitative estimate of drug-likeness (QED) is 0.567. The number of amides is 1. The summed E-state index contributed by atoms with van der Waals surface area (Å²) in [6, 6.07) is 4.74. The van der Waals surface area contributed by atoms with E-state index in [4.69, 9.17) is 11.6 Å². The summed E-state index contributed by atoms with van der Waals surface area (Å²) in [5, 5.41) is -0.0949. The van der Waals surface area contributed by atoms with Crippen LogP contribution >= 0.6 is 27.5 Å². The number of carbonyl (C=O) groups excluding carboxylic acids is 1. The number of hydrogen-bond acceptors (Lipinski definition) is 3. The van der Waals surface area contributed by atoms with Gasteiger partial charge in [-0.15, -0.1) is 0 Å². The Morgan fingerprint density at radius 2 is 1.89 bits per heavy atom. The lowest BCUT2D eigenvalue weighted by Crippen LogP contribution is -2.35. The van der Waals surface area contributed by atoms with Crippen molar-refractivity contribution in [3.63, 3.8) is 0 Å². The van der Waals surface area contributed by atoms with Crippen LogP contribution in [-0.4, -0.2) is 42.0 Å². The van der Waals surface area contributed by atoms with E-state index in [9.17, 15) is 22.4 Å². The van der Waals surface area contributed by atoms with E-state index < -0.39 is 17.6 Å². The Kier molecular flexibility index (Phi) is 6.14. The van der Waals surface area contributed by atoms with Gasteiger partial charge in [0, 0.05) is 36.8 Å². The smallest absolute Gasteiger partial charge is 0.354 e. The highest BCUT2D eigenvalue weighted by atomic mass is 79.9. The highest BCUT2D eigenvalue weighted by Gasteiger charge is 2.32. The molecule has 3 rings (SSSR count). The van der Waals surface area contributed by atoms with Gasteiger partial charge in [-0.1, -0.05) is 11.6 Å². The maximum absolute atomic E-state index is 13.5. The molecule has 1 aromatic heterocycles. The number of halogens is 6. The summed E-state index contributed by atoms with van der Waals surface area (Å²) in [6.45, 7) is 1.56. The van der Waals surface area contributed by atoms with Crippen molar-refractivity contribution in [2.75, 3.05) is 31.1 Å². The number of carbonyl (C=O) groups is 1. The molecule has 0 atom stereocenters. The number of rotatable bonds is 2. The van der Waals surface area contributed by atoms with Crippen LogP contribution in [0.3, 0.4) is 0 Å². The molecule has 0 saturated carbocycles. The molecular formula is C18H15BrClF4N3O. The van der Waals surface area contributed by atoms with E-state index in [1.54, 1.807) is 9.80 Å². The molecule has 0 N–H and O–H groups in total. The molecule has 1 amide bonds. The van der Waals surface area contributed by atoms with Gasteiger partial charge >= 0.3 is 6.18 Å². The predicted molar refractivity (Wildman–Crippen MR) is 101 cm³/mol. The lowest BCUT2D eigenvalue weighted by molar-refractivity contribution is -0.137. The third-order valence-corrected chi connectivity index (χ3v) is 5.36. The van der Waals surface area contributed by atoms with E-state index in [2.05, 4.69) is 20.9 Å². The summed E-state index contributed by atoms with van der Waals surface area (Å²) in [5.41, 5.74) is -0.692. The summed E-state index contributed by atoms with van der Waals surface area (Å²) < 4.78 is 52.3. The largest absolute Gasteiger partial charge is 0.417 e. The molecule has 1 aliphatic rings. The normalized spacial score (nSPS) is 15.5. The first-order valence-electron chi connectivity index (χ1n) is 8.39. The van der Waals surface area contributed by atoms with E-state index in [0.717, 1.165) is 12.3 Å². The van der Waals surface area contributed by atoms with Gasteiger partial charge in [-0.05, 0) is 46.6 Å². The molecule has 28 heavy (non-hydrogen) atoms. The molecule has 0 bridgehead atoms. The van der Waals surface area contributed by atoms with Crippen LogP contribution in [0.25, 0.3) is 0 Å². The third kappa shape index (κ3) is 4.57. The highest BCUT2D eigenvalue weighted by molar-refractivity contribution is 9.10. The molecule has 1 fully saturated rings. The fourth-order valence-corrected chi connectivity index (χ4v) is 3.68. The van der Waals surface area contributed by atoms with Gasteiger partial charge in [0.2, 0.25) is 0 Å². The second kappa shape index (κ2) is 8.24. The molecule has 4 nitrogen and oxygen atoms in total. The summed E-state index contributed by atoms with van der Waals surface area (Å²) >= 11 is 9.28. The Hall–Kier alpha value is -1.87. The zero-order chi connectivity index (χ0) is 20.5. The first-order valence-corrected chi connectivity index (χ1v) is 9.56. The zero-order valence-corrected chi connectivity index (χ0v) is 16.8. The van der Waals surface area contributed by atoms with Crippen LogP contribution in [-0.2, 0) is 6.18 Å². The predicted octanol–water partition coefficient (Wildman–Crippen LogP) is 5.01. The molecule has 0 aliphatic carbocycles. The van der Waals surface area contributed by atoms with E-state index in [1.165, 1.54) is 18.2 Å². The van der Waals surface area contributed by atoms with Gasteiger partial charge in [0.15, 0.2) is 0 Å². The van der Waals surface area contributed by atoms with Gasteiger partial charge in [0.05, 0.1) is 16.1 Å². The zero-order valence-electron chi connectivity index (χ0n) is 14.4. The van der Waals surface area contributed by atoms with Gasteiger partial charge in [-0.2, -0.15) is 13.2 Å². The van der Waals surface area contributed by atoms with Crippen molar-refractivity contribution in [1.29, 1.82) is 0 Å². The SMILES string of the molecule is O=C(c1cc(F)ccc1Br)N1CCCN(c2ncc(C(F)(F)F)cc2Cl)CC1. The van der Waals surface area contributed by atoms with E-state index in [0.29, 0.717) is 37.1 Å². The Labute approximate surface area is 172 Å². The lowest BCUT2D eigenvalue weighted by Gasteiger charge is -2.24. The molecule has 10 heteroatoms. The molecular weight excluding hydrogens is 466 g/mol. The van der Waals surface area contributed by atoms with Crippen molar-refractivity contribution in [3.05, 3.63) is 56.9 Å². The standard InChI is InChI=1S/C18H15BrClF4N3O/c19-14-3-2-12(21)9-13(14)17(28)27-5-1-4-26(6-7-27)16-15(20)8-11(10-25-16)18(22,23)24/h2-3,8-10H,1,4-7H2. The van der Waals surface area contributed by atoms with Gasteiger partial charge in [-0.25, -0.2) is 9.37 Å². The first kappa shape index (κ1) is 20.9. The number of alkyl halides is 3. The monoisotopic (exact) mass is 479 g/mol. The molecule has 0 spiro atoms. The molecule has 150 valence electrons. The second-order valence-corrected chi connectivity index (χ2v) is 7.55. The molecule has 0 radical (unpaired) electrons. The summed E-state index contributed by atoms with van der Waals surface area (Å²) in [7, 11) is 0. The van der Waals surface area contributed by atoms with Gasteiger partial charge in [0.1, 0.15) is 11.6 Å². The minimum Gasteiger partial charge on any atom is -0.354 e. The average Bonchev–Trinajstić information content (AvgIpc) is 2.88. The Balaban J connectivity index is 1.75. The van der Waals surface area contributed by atoms with Gasteiger partial charge in [0.25, 0.3) is 5.91 Å². The summed E-state index contributed by atoms with van der Waals surface area (Å²) in [6.07, 6.45) is -3.20. The molecule has 0 unspecified atom stereocenters. The fraction of sp³-hybridized carbons (Fsp3) is 0.333. The highest BCUT2D eigenvalue weighted by Crippen LogP contribution is 2.33. The Morgan fingerprint density at radius 3 is 2.57 bits per heavy atom. The van der Waals surface area contributed by atoms with Crippen LogP contribution in [0.4, 0.5) is 23.4 Å². The first-order chi connectivity index (χ1) is 13.2. The Morgan fingerprint density at radius 1 is 1.14 bits per heavy atom. The maximum Gasteiger partial charge on any atom is 0.417 e. The van der Waals surface area contributed by atoms with Crippen LogP contribution in [0.15, 0.2) is 34.9 Å². The van der Waals surface area contributed by atoms with Crippen LogP contribution in [0.2, 0.25) is 5.02 Å². The summed E-state index contributed by atoms with van der Waals surface area (Å²) in [5.74, 6) is -0.584. The molecule has 1 aliphatic heterocycles. The Bertz CT molecular complexity index is 894. The minimum absolute atomic E-state index is 0.0949. The number of anilines is 1. The number of benzene rings is 1. The molecule has 2 aromatic rings. The van der Waals surface area contributed by atoms with E-state index >= 15 is 0 Å². The van der Waals surface area contributed by atoms with Crippen molar-refractivity contribution < 1.29 is 22.4 Å². The maximum atomic E-state index is 13.5. The third-order valence-electron chi connectivity index (χ3n) is 4.39. The van der Waals surface area contributed by atoms with E-state index in [-0.39, 0.29) is 22.3 Å². The molecule has 1 saturated heterocycles. The minimum atomic E-state index is -4.52. The van der Waals surface area contributed by atoms with Crippen LogP contribution in [0.1, 0.15) is 22.3 Å². The van der Waals surface area contributed by atoms with Crippen molar-refractivity contribution in [3.8, 4) is 0 Å². The topological polar surface area (TPSA) is 36.4 Å². The number of nitrogens with zero attached hydrogens (tertiary/aromatic N) is 3. The fourth-order valence-electron chi connectivity index (χ4n) is 2.98. The lowest BCUT2D eigenvalue weighted by atomic mass is 10.2. The number of pyridine rings is 1. The summed E-state index contributed by atoms with van der Waals surface area (Å²) in [4.78, 5) is 19.9.